The zero-order valence-electron chi connectivity index (χ0n) is 12.6. The number of halogens is 3. The van der Waals surface area contributed by atoms with Gasteiger partial charge in [0.1, 0.15) is 0 Å². The van der Waals surface area contributed by atoms with Crippen LogP contribution >= 0.6 is 0 Å². The minimum atomic E-state index is -4.25. The lowest BCUT2D eigenvalue weighted by atomic mass is 9.49. The molecular weight excluding hydrogens is 285 g/mol. The van der Waals surface area contributed by atoms with Gasteiger partial charge in [-0.25, -0.2) is 0 Å². The fourth-order valence-electron chi connectivity index (χ4n) is 5.44. The average molecular weight is 306 g/mol. The molecule has 1 aromatic rings. The van der Waals surface area contributed by atoms with E-state index in [-0.39, 0.29) is 0 Å². The van der Waals surface area contributed by atoms with E-state index in [1.54, 1.807) is 12.1 Å². The molecule has 22 heavy (non-hydrogen) atoms. The summed E-state index contributed by atoms with van der Waals surface area (Å²) in [6, 6.07) is 5.53. The first-order valence-electron chi connectivity index (χ1n) is 8.28. The zero-order chi connectivity index (χ0) is 15.4. The van der Waals surface area contributed by atoms with E-state index in [1.807, 2.05) is 6.08 Å². The van der Waals surface area contributed by atoms with Crippen LogP contribution in [0.3, 0.4) is 0 Å². The van der Waals surface area contributed by atoms with Crippen LogP contribution in [0.4, 0.5) is 13.2 Å². The van der Waals surface area contributed by atoms with Crippen molar-refractivity contribution >= 4 is 6.08 Å². The first-order valence-corrected chi connectivity index (χ1v) is 8.28. The summed E-state index contributed by atoms with van der Waals surface area (Å²) in [5, 5.41) is 0. The van der Waals surface area contributed by atoms with Crippen LogP contribution in [0.2, 0.25) is 0 Å². The quantitative estimate of drug-likeness (QED) is 0.634. The van der Waals surface area contributed by atoms with Crippen LogP contribution in [-0.4, -0.2) is 0 Å². The molecule has 0 aromatic heterocycles. The third kappa shape index (κ3) is 2.59. The van der Waals surface area contributed by atoms with Crippen molar-refractivity contribution < 1.29 is 13.2 Å². The first kappa shape index (κ1) is 14.3. The Balaban J connectivity index is 1.52. The van der Waals surface area contributed by atoms with E-state index in [0.717, 1.165) is 23.3 Å². The maximum absolute atomic E-state index is 12.6. The molecule has 0 N–H and O–H groups in total. The van der Waals surface area contributed by atoms with Gasteiger partial charge in [-0.15, -0.1) is 0 Å². The van der Waals surface area contributed by atoms with E-state index < -0.39 is 11.7 Å². The summed E-state index contributed by atoms with van der Waals surface area (Å²) < 4.78 is 37.8. The van der Waals surface area contributed by atoms with Gasteiger partial charge in [0.05, 0.1) is 5.56 Å². The third-order valence-corrected chi connectivity index (χ3v) is 5.95. The molecular formula is C19H21F3. The fraction of sp³-hybridized carbons (Fsp3) is 0.579. The maximum atomic E-state index is 12.6. The monoisotopic (exact) mass is 306 g/mol. The molecule has 118 valence electrons. The van der Waals surface area contributed by atoms with Crippen LogP contribution in [0.25, 0.3) is 6.08 Å². The van der Waals surface area contributed by atoms with Gasteiger partial charge in [0, 0.05) is 0 Å². The van der Waals surface area contributed by atoms with Crippen molar-refractivity contribution in [1.29, 1.82) is 0 Å². The van der Waals surface area contributed by atoms with Crippen LogP contribution < -0.4 is 0 Å². The minimum absolute atomic E-state index is 0.331. The lowest BCUT2D eigenvalue weighted by Gasteiger charge is -2.55. The highest BCUT2D eigenvalue weighted by Gasteiger charge is 2.49. The van der Waals surface area contributed by atoms with Gasteiger partial charge in [0.25, 0.3) is 0 Å². The fourth-order valence-corrected chi connectivity index (χ4v) is 5.44. The van der Waals surface area contributed by atoms with E-state index in [9.17, 15) is 13.2 Å². The normalized spacial score (nSPS) is 37.1. The molecule has 0 radical (unpaired) electrons. The van der Waals surface area contributed by atoms with E-state index in [2.05, 4.69) is 6.08 Å². The van der Waals surface area contributed by atoms with Crippen LogP contribution in [0.15, 0.2) is 30.3 Å². The molecule has 3 heteroatoms. The Hall–Kier alpha value is -1.25. The Labute approximate surface area is 129 Å². The SMILES string of the molecule is FC(F)(F)c1ccc(/C=C\C23CC4CC(CC(C4)C2)C3)cc1. The highest BCUT2D eigenvalue weighted by Crippen LogP contribution is 2.60. The largest absolute Gasteiger partial charge is 0.416 e. The number of benzene rings is 1. The maximum Gasteiger partial charge on any atom is 0.416 e. The molecule has 4 aliphatic carbocycles. The predicted molar refractivity (Wildman–Crippen MR) is 81.1 cm³/mol. The van der Waals surface area contributed by atoms with Crippen LogP contribution in [-0.2, 0) is 6.18 Å². The number of rotatable bonds is 2. The van der Waals surface area contributed by atoms with Crippen molar-refractivity contribution in [3.05, 3.63) is 41.5 Å². The second-order valence-corrected chi connectivity index (χ2v) is 7.73. The lowest BCUT2D eigenvalue weighted by molar-refractivity contribution is -0.137. The van der Waals surface area contributed by atoms with Crippen molar-refractivity contribution in [2.24, 2.45) is 23.2 Å². The Morgan fingerprint density at radius 1 is 0.864 bits per heavy atom. The van der Waals surface area contributed by atoms with Gasteiger partial charge < -0.3 is 0 Å². The van der Waals surface area contributed by atoms with Crippen LogP contribution in [0.5, 0.6) is 0 Å². The molecule has 4 bridgehead atoms. The van der Waals surface area contributed by atoms with E-state index >= 15 is 0 Å². The molecule has 5 rings (SSSR count). The highest BCUT2D eigenvalue weighted by atomic mass is 19.4. The Kier molecular flexibility index (Phi) is 3.18. The summed E-state index contributed by atoms with van der Waals surface area (Å²) in [5.74, 6) is 2.68. The molecule has 0 saturated heterocycles. The second kappa shape index (κ2) is 4.87. The number of hydrogen-bond donors (Lipinski definition) is 0. The van der Waals surface area contributed by atoms with Crippen molar-refractivity contribution in [2.45, 2.75) is 44.7 Å². The average Bonchev–Trinajstić information content (AvgIpc) is 2.43. The summed E-state index contributed by atoms with van der Waals surface area (Å²) in [4.78, 5) is 0. The zero-order valence-corrected chi connectivity index (χ0v) is 12.6. The van der Waals surface area contributed by atoms with Gasteiger partial charge in [0.15, 0.2) is 0 Å². The van der Waals surface area contributed by atoms with Gasteiger partial charge in [-0.3, -0.25) is 0 Å². The van der Waals surface area contributed by atoms with Gasteiger partial charge in [-0.1, -0.05) is 24.3 Å². The standard InChI is InChI=1S/C19H21F3/c20-19(21,22)17-3-1-13(2-4-17)5-6-18-10-14-7-15(11-18)9-16(8-14)12-18/h1-6,14-16H,7-12H2/b6-5-. The molecule has 4 fully saturated rings. The topological polar surface area (TPSA) is 0 Å². The first-order chi connectivity index (χ1) is 10.4. The summed E-state index contributed by atoms with van der Waals surface area (Å²) in [7, 11) is 0. The van der Waals surface area contributed by atoms with E-state index in [1.165, 1.54) is 50.7 Å². The molecule has 0 heterocycles. The number of hydrogen-bond acceptors (Lipinski definition) is 0. The van der Waals surface area contributed by atoms with Gasteiger partial charge >= 0.3 is 6.18 Å². The minimum Gasteiger partial charge on any atom is -0.166 e. The molecule has 4 saturated carbocycles. The summed E-state index contributed by atoms with van der Waals surface area (Å²) in [6.45, 7) is 0. The molecule has 1 aromatic carbocycles. The number of alkyl halides is 3. The molecule has 0 spiro atoms. The van der Waals surface area contributed by atoms with Crippen molar-refractivity contribution in [2.75, 3.05) is 0 Å². The van der Waals surface area contributed by atoms with Crippen molar-refractivity contribution in [1.82, 2.24) is 0 Å². The molecule has 0 unspecified atom stereocenters. The second-order valence-electron chi connectivity index (χ2n) is 7.73. The Bertz CT molecular complexity index is 544. The van der Waals surface area contributed by atoms with Crippen LogP contribution in [0.1, 0.15) is 49.7 Å². The Morgan fingerprint density at radius 2 is 1.36 bits per heavy atom. The molecule has 0 nitrogen and oxygen atoms in total. The van der Waals surface area contributed by atoms with E-state index in [4.69, 9.17) is 0 Å². The third-order valence-electron chi connectivity index (χ3n) is 5.95. The molecule has 0 atom stereocenters. The lowest BCUT2D eigenvalue weighted by Crippen LogP contribution is -2.44. The van der Waals surface area contributed by atoms with E-state index in [0.29, 0.717) is 5.41 Å². The number of allylic oxidation sites excluding steroid dienone is 1. The van der Waals surface area contributed by atoms with Gasteiger partial charge in [0.2, 0.25) is 0 Å². The molecule has 4 aliphatic rings. The Morgan fingerprint density at radius 3 is 1.82 bits per heavy atom. The van der Waals surface area contributed by atoms with Crippen LogP contribution in [0, 0.1) is 23.2 Å². The summed E-state index contributed by atoms with van der Waals surface area (Å²) in [6.07, 6.45) is 8.21. The van der Waals surface area contributed by atoms with Gasteiger partial charge in [-0.05, 0) is 79.4 Å². The molecule has 0 amide bonds. The van der Waals surface area contributed by atoms with Gasteiger partial charge in [-0.2, -0.15) is 13.2 Å². The smallest absolute Gasteiger partial charge is 0.166 e. The van der Waals surface area contributed by atoms with Crippen molar-refractivity contribution in [3.63, 3.8) is 0 Å². The van der Waals surface area contributed by atoms with Crippen molar-refractivity contribution in [3.8, 4) is 0 Å². The highest BCUT2D eigenvalue weighted by molar-refractivity contribution is 5.51. The molecule has 0 aliphatic heterocycles. The predicted octanol–water partition coefficient (Wildman–Crippen LogP) is 5.94. The summed E-state index contributed by atoms with van der Waals surface area (Å²) >= 11 is 0. The summed E-state index contributed by atoms with van der Waals surface area (Å²) in [5.41, 5.74) is 0.639.